The Balaban J connectivity index is 1.42. The summed E-state index contributed by atoms with van der Waals surface area (Å²) >= 11 is 0. The van der Waals surface area contributed by atoms with E-state index in [1.165, 1.54) is 0 Å². The van der Waals surface area contributed by atoms with Gasteiger partial charge in [0.2, 0.25) is 16.0 Å². The lowest BCUT2D eigenvalue weighted by Gasteiger charge is -2.44. The topological polar surface area (TPSA) is 78.4 Å². The Morgan fingerprint density at radius 2 is 1.57 bits per heavy atom. The number of nitrogens with one attached hydrogen (secondary N) is 1. The standard InChI is InChI=1S/C20H27N5O2S/c26-28(27,17-7-2-1-3-8-17)23-18-9-4-5-10-19(18)24-13-15-25(16-14-24)20-21-11-6-12-22-20/h1-3,6-8,11-12,18-19,23H,4-5,9-10,13-16H2/t18-,19+/m0/s1. The number of nitrogens with zero attached hydrogens (tertiary/aromatic N) is 4. The van der Waals surface area contributed by atoms with Crippen LogP contribution in [0.1, 0.15) is 25.7 Å². The molecule has 2 fully saturated rings. The first kappa shape index (κ1) is 19.3. The maximum absolute atomic E-state index is 12.8. The number of hydrogen-bond acceptors (Lipinski definition) is 6. The van der Waals surface area contributed by atoms with Crippen molar-refractivity contribution in [3.05, 3.63) is 48.8 Å². The van der Waals surface area contributed by atoms with Crippen LogP contribution in [0.2, 0.25) is 0 Å². The van der Waals surface area contributed by atoms with Crippen LogP contribution < -0.4 is 9.62 Å². The van der Waals surface area contributed by atoms with Gasteiger partial charge in [-0.05, 0) is 31.0 Å². The third-order valence-corrected chi connectivity index (χ3v) is 7.21. The summed E-state index contributed by atoms with van der Waals surface area (Å²) in [4.78, 5) is 13.7. The van der Waals surface area contributed by atoms with E-state index in [9.17, 15) is 8.42 Å². The third kappa shape index (κ3) is 4.34. The summed E-state index contributed by atoms with van der Waals surface area (Å²) in [6.07, 6.45) is 7.67. The molecule has 0 spiro atoms. The molecule has 0 unspecified atom stereocenters. The number of hydrogen-bond donors (Lipinski definition) is 1. The van der Waals surface area contributed by atoms with Gasteiger partial charge in [0.15, 0.2) is 0 Å². The molecule has 2 heterocycles. The van der Waals surface area contributed by atoms with Crippen LogP contribution >= 0.6 is 0 Å². The van der Waals surface area contributed by atoms with Gasteiger partial charge in [0.1, 0.15) is 0 Å². The molecular weight excluding hydrogens is 374 g/mol. The molecule has 8 heteroatoms. The summed E-state index contributed by atoms with van der Waals surface area (Å²) in [5, 5.41) is 0. The van der Waals surface area contributed by atoms with Gasteiger partial charge in [0.05, 0.1) is 4.90 Å². The molecule has 2 aliphatic rings. The highest BCUT2D eigenvalue weighted by atomic mass is 32.2. The van der Waals surface area contributed by atoms with Crippen LogP contribution in [0.4, 0.5) is 5.95 Å². The molecule has 1 saturated carbocycles. The quantitative estimate of drug-likeness (QED) is 0.824. The molecule has 0 bridgehead atoms. The zero-order valence-electron chi connectivity index (χ0n) is 15.9. The smallest absolute Gasteiger partial charge is 0.240 e. The highest BCUT2D eigenvalue weighted by Gasteiger charge is 2.34. The molecule has 2 aromatic rings. The van der Waals surface area contributed by atoms with E-state index in [2.05, 4.69) is 24.5 Å². The Hall–Kier alpha value is -2.03. The molecule has 1 aliphatic heterocycles. The van der Waals surface area contributed by atoms with Crippen molar-refractivity contribution in [2.45, 2.75) is 42.7 Å². The van der Waals surface area contributed by atoms with Crippen molar-refractivity contribution in [2.24, 2.45) is 0 Å². The van der Waals surface area contributed by atoms with Gasteiger partial charge in [0, 0.05) is 50.7 Å². The van der Waals surface area contributed by atoms with E-state index in [0.717, 1.165) is 57.8 Å². The van der Waals surface area contributed by atoms with Crippen molar-refractivity contribution in [1.82, 2.24) is 19.6 Å². The van der Waals surface area contributed by atoms with E-state index in [1.54, 1.807) is 36.7 Å². The van der Waals surface area contributed by atoms with Gasteiger partial charge >= 0.3 is 0 Å². The molecular formula is C20H27N5O2S. The number of rotatable bonds is 5. The Morgan fingerprint density at radius 3 is 2.29 bits per heavy atom. The molecule has 1 N–H and O–H groups in total. The number of aromatic nitrogens is 2. The summed E-state index contributed by atoms with van der Waals surface area (Å²) in [5.74, 6) is 0.770. The van der Waals surface area contributed by atoms with Crippen LogP contribution in [0.25, 0.3) is 0 Å². The fourth-order valence-electron chi connectivity index (χ4n) is 4.26. The molecule has 150 valence electrons. The van der Waals surface area contributed by atoms with Gasteiger partial charge in [-0.2, -0.15) is 0 Å². The summed E-state index contributed by atoms with van der Waals surface area (Å²) in [5.41, 5.74) is 0. The van der Waals surface area contributed by atoms with Crippen LogP contribution in [-0.2, 0) is 10.0 Å². The second-order valence-corrected chi connectivity index (χ2v) is 9.18. The van der Waals surface area contributed by atoms with Crippen molar-refractivity contribution in [2.75, 3.05) is 31.1 Å². The van der Waals surface area contributed by atoms with E-state index in [1.807, 2.05) is 12.1 Å². The predicted molar refractivity (Wildman–Crippen MR) is 109 cm³/mol. The fraction of sp³-hybridized carbons (Fsp3) is 0.500. The Kier molecular flexibility index (Phi) is 5.89. The van der Waals surface area contributed by atoms with Crippen LogP contribution in [0, 0.1) is 0 Å². The van der Waals surface area contributed by atoms with Gasteiger partial charge in [0.25, 0.3) is 0 Å². The fourth-order valence-corrected chi connectivity index (χ4v) is 5.59. The Morgan fingerprint density at radius 1 is 0.893 bits per heavy atom. The highest BCUT2D eigenvalue weighted by Crippen LogP contribution is 2.26. The summed E-state index contributed by atoms with van der Waals surface area (Å²) in [6, 6.07) is 10.7. The Labute approximate surface area is 166 Å². The lowest BCUT2D eigenvalue weighted by Crippen LogP contribution is -2.58. The SMILES string of the molecule is O=S(=O)(N[C@H]1CCCC[C@H]1N1CCN(c2ncccn2)CC1)c1ccccc1. The minimum atomic E-state index is -3.49. The first-order valence-electron chi connectivity index (χ1n) is 9.97. The van der Waals surface area contributed by atoms with E-state index < -0.39 is 10.0 Å². The van der Waals surface area contributed by atoms with Crippen molar-refractivity contribution in [1.29, 1.82) is 0 Å². The molecule has 2 atom stereocenters. The van der Waals surface area contributed by atoms with Crippen molar-refractivity contribution < 1.29 is 8.42 Å². The highest BCUT2D eigenvalue weighted by molar-refractivity contribution is 7.89. The second-order valence-electron chi connectivity index (χ2n) is 7.46. The lowest BCUT2D eigenvalue weighted by atomic mass is 9.89. The van der Waals surface area contributed by atoms with Crippen molar-refractivity contribution >= 4 is 16.0 Å². The normalized spacial score (nSPS) is 24.2. The van der Waals surface area contributed by atoms with E-state index in [-0.39, 0.29) is 12.1 Å². The largest absolute Gasteiger partial charge is 0.338 e. The average Bonchev–Trinajstić information content (AvgIpc) is 2.75. The monoisotopic (exact) mass is 401 g/mol. The first-order valence-corrected chi connectivity index (χ1v) is 11.5. The maximum Gasteiger partial charge on any atom is 0.240 e. The van der Waals surface area contributed by atoms with Crippen LogP contribution in [0.3, 0.4) is 0 Å². The van der Waals surface area contributed by atoms with Crippen molar-refractivity contribution in [3.8, 4) is 0 Å². The third-order valence-electron chi connectivity index (χ3n) is 5.71. The van der Waals surface area contributed by atoms with Gasteiger partial charge in [-0.1, -0.05) is 31.0 Å². The lowest BCUT2D eigenvalue weighted by molar-refractivity contribution is 0.123. The number of benzene rings is 1. The average molecular weight is 402 g/mol. The van der Waals surface area contributed by atoms with Crippen LogP contribution in [0.15, 0.2) is 53.7 Å². The predicted octanol–water partition coefficient (Wildman–Crippen LogP) is 1.89. The molecule has 1 aromatic heterocycles. The number of anilines is 1. The summed E-state index contributed by atoms with van der Waals surface area (Å²) in [7, 11) is -3.49. The molecule has 7 nitrogen and oxygen atoms in total. The zero-order chi connectivity index (χ0) is 19.4. The second kappa shape index (κ2) is 8.55. The van der Waals surface area contributed by atoms with Gasteiger partial charge in [-0.15, -0.1) is 0 Å². The van der Waals surface area contributed by atoms with Gasteiger partial charge in [-0.25, -0.2) is 23.1 Å². The first-order chi connectivity index (χ1) is 13.6. The number of piperazine rings is 1. The van der Waals surface area contributed by atoms with E-state index in [0.29, 0.717) is 4.90 Å². The van der Waals surface area contributed by atoms with Gasteiger partial charge < -0.3 is 4.90 Å². The van der Waals surface area contributed by atoms with Crippen LogP contribution in [-0.4, -0.2) is 61.5 Å². The summed E-state index contributed by atoms with van der Waals surface area (Å²) < 4.78 is 28.6. The number of sulfonamides is 1. The van der Waals surface area contributed by atoms with E-state index >= 15 is 0 Å². The minimum Gasteiger partial charge on any atom is -0.338 e. The van der Waals surface area contributed by atoms with Crippen molar-refractivity contribution in [3.63, 3.8) is 0 Å². The summed E-state index contributed by atoms with van der Waals surface area (Å²) in [6.45, 7) is 3.51. The Bertz CT molecular complexity index is 855. The zero-order valence-corrected chi connectivity index (χ0v) is 16.8. The molecule has 1 aliphatic carbocycles. The molecule has 0 amide bonds. The maximum atomic E-state index is 12.8. The van der Waals surface area contributed by atoms with Gasteiger partial charge in [-0.3, -0.25) is 4.90 Å². The molecule has 0 radical (unpaired) electrons. The molecule has 1 saturated heterocycles. The minimum absolute atomic E-state index is 0.0431. The molecule has 4 rings (SSSR count). The van der Waals surface area contributed by atoms with Crippen LogP contribution in [0.5, 0.6) is 0 Å². The molecule has 1 aromatic carbocycles. The molecule has 28 heavy (non-hydrogen) atoms. The van der Waals surface area contributed by atoms with E-state index in [4.69, 9.17) is 0 Å².